The van der Waals surface area contributed by atoms with E-state index in [1.807, 2.05) is 12.1 Å². The minimum atomic E-state index is -0.331. The summed E-state index contributed by atoms with van der Waals surface area (Å²) >= 11 is 0. The number of nitrogens with zero attached hydrogens (tertiary/aromatic N) is 1. The lowest BCUT2D eigenvalue weighted by Gasteiger charge is -2.28. The third kappa shape index (κ3) is 2.93. The molecule has 0 aliphatic carbocycles. The van der Waals surface area contributed by atoms with Crippen LogP contribution in [-0.2, 0) is 6.42 Å². The van der Waals surface area contributed by atoms with Gasteiger partial charge in [0, 0.05) is 18.7 Å². The normalized spacial score (nSPS) is 22.9. The number of rotatable bonds is 3. The van der Waals surface area contributed by atoms with E-state index in [9.17, 15) is 5.11 Å². The molecule has 2 heterocycles. The fraction of sp³-hybridized carbons (Fsp3) is 0.583. The van der Waals surface area contributed by atoms with Crippen molar-refractivity contribution in [3.63, 3.8) is 0 Å². The molecule has 1 aromatic heterocycles. The summed E-state index contributed by atoms with van der Waals surface area (Å²) in [4.78, 5) is 3.94. The molecule has 0 amide bonds. The van der Waals surface area contributed by atoms with Crippen LogP contribution < -0.4 is 11.1 Å². The average molecular weight is 221 g/mol. The van der Waals surface area contributed by atoms with Crippen molar-refractivity contribution in [2.45, 2.75) is 37.8 Å². The van der Waals surface area contributed by atoms with E-state index in [1.54, 1.807) is 6.20 Å². The number of nitrogens with two attached hydrogens (primary N) is 1. The summed E-state index contributed by atoms with van der Waals surface area (Å²) in [6.07, 6.45) is 5.47. The minimum Gasteiger partial charge on any atom is -0.391 e. The molecular weight excluding hydrogens is 202 g/mol. The van der Waals surface area contributed by atoms with E-state index in [0.29, 0.717) is 12.2 Å². The Hall–Kier alpha value is -1.13. The highest BCUT2D eigenvalue weighted by Crippen LogP contribution is 2.14. The lowest BCUT2D eigenvalue weighted by molar-refractivity contribution is 0.113. The predicted octanol–water partition coefficient (Wildman–Crippen LogP) is 0.709. The van der Waals surface area contributed by atoms with Crippen LogP contribution in [0.25, 0.3) is 0 Å². The molecule has 2 unspecified atom stereocenters. The van der Waals surface area contributed by atoms with Gasteiger partial charge >= 0.3 is 0 Å². The number of hydrogen-bond donors (Lipinski definition) is 3. The van der Waals surface area contributed by atoms with Crippen LogP contribution in [0.4, 0.5) is 5.82 Å². The smallest absolute Gasteiger partial charge is 0.123 e. The van der Waals surface area contributed by atoms with Gasteiger partial charge < -0.3 is 16.2 Å². The molecule has 1 aliphatic rings. The fourth-order valence-corrected chi connectivity index (χ4v) is 2.21. The Morgan fingerprint density at radius 2 is 2.44 bits per heavy atom. The van der Waals surface area contributed by atoms with Gasteiger partial charge in [0.25, 0.3) is 0 Å². The number of aliphatic hydroxyl groups is 1. The minimum absolute atomic E-state index is 0.225. The van der Waals surface area contributed by atoms with Crippen molar-refractivity contribution < 1.29 is 5.11 Å². The van der Waals surface area contributed by atoms with E-state index < -0.39 is 0 Å². The highest BCUT2D eigenvalue weighted by atomic mass is 16.3. The maximum absolute atomic E-state index is 10.1. The molecule has 1 fully saturated rings. The summed E-state index contributed by atoms with van der Waals surface area (Å²) in [7, 11) is 0. The average Bonchev–Trinajstić information content (AvgIpc) is 2.30. The second-order valence-corrected chi connectivity index (χ2v) is 4.42. The van der Waals surface area contributed by atoms with Gasteiger partial charge in [0.2, 0.25) is 0 Å². The Morgan fingerprint density at radius 3 is 3.12 bits per heavy atom. The number of nitrogen functional groups attached to an aromatic ring is 1. The van der Waals surface area contributed by atoms with E-state index in [0.717, 1.165) is 18.5 Å². The molecule has 4 heteroatoms. The zero-order chi connectivity index (χ0) is 11.4. The van der Waals surface area contributed by atoms with Crippen molar-refractivity contribution in [2.24, 2.45) is 0 Å². The van der Waals surface area contributed by atoms with Crippen molar-refractivity contribution in [3.05, 3.63) is 23.9 Å². The van der Waals surface area contributed by atoms with Gasteiger partial charge in [-0.3, -0.25) is 0 Å². The molecule has 88 valence electrons. The fourth-order valence-electron chi connectivity index (χ4n) is 2.21. The number of pyridine rings is 1. The van der Waals surface area contributed by atoms with Crippen molar-refractivity contribution in [1.82, 2.24) is 10.3 Å². The van der Waals surface area contributed by atoms with Gasteiger partial charge in [-0.2, -0.15) is 0 Å². The van der Waals surface area contributed by atoms with Crippen molar-refractivity contribution in [3.8, 4) is 0 Å². The molecule has 0 saturated carbocycles. The molecule has 4 nitrogen and oxygen atoms in total. The van der Waals surface area contributed by atoms with Crippen LogP contribution >= 0.6 is 0 Å². The molecular formula is C12H19N3O. The molecule has 16 heavy (non-hydrogen) atoms. The van der Waals surface area contributed by atoms with Crippen LogP contribution in [0.3, 0.4) is 0 Å². The van der Waals surface area contributed by atoms with E-state index in [2.05, 4.69) is 10.3 Å². The van der Waals surface area contributed by atoms with Crippen LogP contribution in [0, 0.1) is 0 Å². The number of hydrogen-bond acceptors (Lipinski definition) is 4. The molecule has 1 aromatic rings. The monoisotopic (exact) mass is 221 g/mol. The zero-order valence-electron chi connectivity index (χ0n) is 9.39. The van der Waals surface area contributed by atoms with Gasteiger partial charge in [-0.05, 0) is 37.1 Å². The second kappa shape index (κ2) is 5.27. The first kappa shape index (κ1) is 11.4. The summed E-state index contributed by atoms with van der Waals surface area (Å²) in [5.41, 5.74) is 6.65. The zero-order valence-corrected chi connectivity index (χ0v) is 9.39. The molecule has 2 atom stereocenters. The van der Waals surface area contributed by atoms with Crippen molar-refractivity contribution >= 4 is 5.82 Å². The summed E-state index contributed by atoms with van der Waals surface area (Å²) < 4.78 is 0. The van der Waals surface area contributed by atoms with E-state index in [1.165, 1.54) is 12.8 Å². The second-order valence-electron chi connectivity index (χ2n) is 4.42. The SMILES string of the molecule is Nc1cc(CC(O)C2CCCCN2)ccn1. The third-order valence-electron chi connectivity index (χ3n) is 3.10. The van der Waals surface area contributed by atoms with Gasteiger partial charge in [0.05, 0.1) is 6.10 Å². The van der Waals surface area contributed by atoms with Gasteiger partial charge in [0.1, 0.15) is 5.82 Å². The Kier molecular flexibility index (Phi) is 3.74. The van der Waals surface area contributed by atoms with E-state index >= 15 is 0 Å². The molecule has 1 saturated heterocycles. The summed E-state index contributed by atoms with van der Waals surface area (Å²) in [6.45, 7) is 1.01. The molecule has 1 aliphatic heterocycles. The standard InChI is InChI=1S/C12H19N3O/c13-12-8-9(4-6-15-12)7-11(16)10-3-1-2-5-14-10/h4,6,8,10-11,14,16H,1-3,5,7H2,(H2,13,15). The van der Waals surface area contributed by atoms with Crippen molar-refractivity contribution in [1.29, 1.82) is 0 Å². The number of anilines is 1. The Labute approximate surface area is 95.9 Å². The topological polar surface area (TPSA) is 71.2 Å². The van der Waals surface area contributed by atoms with Crippen LogP contribution in [-0.4, -0.2) is 28.8 Å². The quantitative estimate of drug-likeness (QED) is 0.703. The number of aromatic nitrogens is 1. The maximum Gasteiger partial charge on any atom is 0.123 e. The first-order chi connectivity index (χ1) is 7.75. The van der Waals surface area contributed by atoms with Crippen LogP contribution in [0.1, 0.15) is 24.8 Å². The maximum atomic E-state index is 10.1. The van der Waals surface area contributed by atoms with Gasteiger partial charge in [-0.15, -0.1) is 0 Å². The molecule has 0 spiro atoms. The molecule has 4 N–H and O–H groups in total. The first-order valence-electron chi connectivity index (χ1n) is 5.87. The summed E-state index contributed by atoms with van der Waals surface area (Å²) in [5.74, 6) is 0.515. The van der Waals surface area contributed by atoms with Gasteiger partial charge in [-0.25, -0.2) is 4.98 Å². The van der Waals surface area contributed by atoms with Gasteiger partial charge in [0.15, 0.2) is 0 Å². The first-order valence-corrected chi connectivity index (χ1v) is 5.87. The largest absolute Gasteiger partial charge is 0.391 e. The van der Waals surface area contributed by atoms with E-state index in [-0.39, 0.29) is 12.1 Å². The lowest BCUT2D eigenvalue weighted by atomic mass is 9.95. The number of aliphatic hydroxyl groups excluding tert-OH is 1. The Morgan fingerprint density at radius 1 is 1.56 bits per heavy atom. The number of piperidine rings is 1. The third-order valence-corrected chi connectivity index (χ3v) is 3.10. The van der Waals surface area contributed by atoms with E-state index in [4.69, 9.17) is 5.73 Å². The number of nitrogens with one attached hydrogen (secondary N) is 1. The van der Waals surface area contributed by atoms with Crippen molar-refractivity contribution in [2.75, 3.05) is 12.3 Å². The van der Waals surface area contributed by atoms with Crippen LogP contribution in [0.2, 0.25) is 0 Å². The lowest BCUT2D eigenvalue weighted by Crippen LogP contribution is -2.44. The van der Waals surface area contributed by atoms with Gasteiger partial charge in [-0.1, -0.05) is 6.42 Å². The Balaban J connectivity index is 1.93. The molecule has 2 rings (SSSR count). The molecule has 0 radical (unpaired) electrons. The predicted molar refractivity (Wildman–Crippen MR) is 64.0 cm³/mol. The highest BCUT2D eigenvalue weighted by molar-refractivity contribution is 5.32. The molecule has 0 aromatic carbocycles. The Bertz CT molecular complexity index is 337. The van der Waals surface area contributed by atoms with Crippen LogP contribution in [0.5, 0.6) is 0 Å². The molecule has 0 bridgehead atoms. The summed E-state index contributed by atoms with van der Waals surface area (Å²) in [6, 6.07) is 3.96. The summed E-state index contributed by atoms with van der Waals surface area (Å²) in [5, 5.41) is 13.5. The van der Waals surface area contributed by atoms with Crippen LogP contribution in [0.15, 0.2) is 18.3 Å². The highest BCUT2D eigenvalue weighted by Gasteiger charge is 2.21.